The van der Waals surface area contributed by atoms with E-state index >= 15 is 0 Å². The molecule has 4 N–H and O–H groups in total. The van der Waals surface area contributed by atoms with Crippen molar-refractivity contribution in [2.24, 2.45) is 5.92 Å². The van der Waals surface area contributed by atoms with Gasteiger partial charge in [-0.25, -0.2) is 4.79 Å². The van der Waals surface area contributed by atoms with Crippen molar-refractivity contribution in [2.75, 3.05) is 5.73 Å². The van der Waals surface area contributed by atoms with E-state index in [9.17, 15) is 4.79 Å². The fraction of sp³-hybridized carbons (Fsp3) is 0.111. The van der Waals surface area contributed by atoms with E-state index in [1.807, 2.05) is 54.6 Å². The Morgan fingerprint density at radius 3 is 2.30 bits per heavy atom. The lowest BCUT2D eigenvalue weighted by Gasteiger charge is -2.19. The molecular weight excluding hydrogens is 455 g/mol. The molecule has 0 bridgehead atoms. The molecule has 3 aromatic carbocycles. The first-order valence-corrected chi connectivity index (χ1v) is 11.2. The van der Waals surface area contributed by atoms with Gasteiger partial charge >= 0.3 is 5.97 Å². The standard InChI is InChI=1S/C27H22Cl2N2O2/c28-21-9-10-22(23(29)14-21)27(18-6-7-18)26(19-8-11-24(31)20(13-19)15-30)17-4-1-16(2-5-17)3-12-25(32)33/h1-5,8-15,18,30H,6-7,31H2,(H,32,33)/b12-3+,27-26+,30-15?. The monoisotopic (exact) mass is 476 g/mol. The first kappa shape index (κ1) is 22.8. The molecule has 0 saturated heterocycles. The second kappa shape index (κ2) is 9.65. The van der Waals surface area contributed by atoms with Crippen molar-refractivity contribution in [2.45, 2.75) is 12.8 Å². The lowest BCUT2D eigenvalue weighted by atomic mass is 9.86. The Balaban J connectivity index is 1.96. The van der Waals surface area contributed by atoms with E-state index in [4.69, 9.17) is 39.5 Å². The third-order valence-corrected chi connectivity index (χ3v) is 6.17. The molecule has 1 aliphatic rings. The molecule has 1 fully saturated rings. The zero-order chi connectivity index (χ0) is 23.5. The number of benzene rings is 3. The van der Waals surface area contributed by atoms with Crippen molar-refractivity contribution in [3.63, 3.8) is 0 Å². The number of anilines is 1. The van der Waals surface area contributed by atoms with Crippen molar-refractivity contribution >= 4 is 58.3 Å². The molecule has 0 heterocycles. The van der Waals surface area contributed by atoms with Gasteiger partial charge in [0.1, 0.15) is 0 Å². The Kier molecular flexibility index (Phi) is 6.68. The summed E-state index contributed by atoms with van der Waals surface area (Å²) in [6.45, 7) is 0. The van der Waals surface area contributed by atoms with E-state index < -0.39 is 5.97 Å². The molecule has 1 aliphatic carbocycles. The van der Waals surface area contributed by atoms with Crippen LogP contribution in [0.1, 0.15) is 40.7 Å². The molecule has 0 unspecified atom stereocenters. The van der Waals surface area contributed by atoms with Crippen LogP contribution in [0.25, 0.3) is 17.2 Å². The summed E-state index contributed by atoms with van der Waals surface area (Å²) in [4.78, 5) is 10.9. The third kappa shape index (κ3) is 5.19. The van der Waals surface area contributed by atoms with Gasteiger partial charge < -0.3 is 16.2 Å². The number of aliphatic carboxylic acids is 1. The van der Waals surface area contributed by atoms with E-state index in [0.29, 0.717) is 27.2 Å². The summed E-state index contributed by atoms with van der Waals surface area (Å²) in [5, 5.41) is 17.8. The van der Waals surface area contributed by atoms with Crippen LogP contribution in [0.15, 0.2) is 66.7 Å². The SMILES string of the molecule is N=Cc1cc(/C(=C(/c2ccc(Cl)cc2Cl)C2CC2)c2ccc(/C=C/C(=O)O)cc2)ccc1N. The van der Waals surface area contributed by atoms with Gasteiger partial charge in [0.2, 0.25) is 0 Å². The molecule has 0 aromatic heterocycles. The average Bonchev–Trinajstić information content (AvgIpc) is 3.63. The van der Waals surface area contributed by atoms with Crippen LogP contribution < -0.4 is 5.73 Å². The number of rotatable bonds is 7. The maximum absolute atomic E-state index is 10.9. The minimum Gasteiger partial charge on any atom is -0.478 e. The molecule has 166 valence electrons. The summed E-state index contributed by atoms with van der Waals surface area (Å²) in [5.74, 6) is -0.639. The van der Waals surface area contributed by atoms with Crippen LogP contribution in [0.5, 0.6) is 0 Å². The minimum absolute atomic E-state index is 0.353. The highest BCUT2D eigenvalue weighted by atomic mass is 35.5. The Labute approximate surface area is 202 Å². The van der Waals surface area contributed by atoms with E-state index in [-0.39, 0.29) is 0 Å². The Morgan fingerprint density at radius 2 is 1.70 bits per heavy atom. The predicted octanol–water partition coefficient (Wildman–Crippen LogP) is 7.04. The molecule has 3 aromatic rings. The van der Waals surface area contributed by atoms with Crippen molar-refractivity contribution in [3.8, 4) is 0 Å². The Morgan fingerprint density at radius 1 is 1.00 bits per heavy atom. The Bertz CT molecular complexity index is 1290. The molecule has 4 rings (SSSR count). The van der Waals surface area contributed by atoms with Crippen LogP contribution in [-0.4, -0.2) is 17.3 Å². The zero-order valence-corrected chi connectivity index (χ0v) is 19.2. The number of nitrogen functional groups attached to an aromatic ring is 1. The summed E-state index contributed by atoms with van der Waals surface area (Å²) in [6, 6.07) is 19.0. The van der Waals surface area contributed by atoms with Gasteiger partial charge in [0.15, 0.2) is 0 Å². The molecule has 1 saturated carbocycles. The normalized spacial score (nSPS) is 14.2. The van der Waals surface area contributed by atoms with Gasteiger partial charge in [-0.15, -0.1) is 0 Å². The fourth-order valence-electron chi connectivity index (χ4n) is 3.90. The molecule has 0 atom stereocenters. The Hall–Kier alpha value is -3.34. The smallest absolute Gasteiger partial charge is 0.328 e. The second-order valence-electron chi connectivity index (χ2n) is 7.97. The molecule has 6 heteroatoms. The predicted molar refractivity (Wildman–Crippen MR) is 137 cm³/mol. The minimum atomic E-state index is -0.992. The molecular formula is C27H22Cl2N2O2. The number of carboxylic acids is 1. The lowest BCUT2D eigenvalue weighted by molar-refractivity contribution is -0.131. The van der Waals surface area contributed by atoms with Crippen LogP contribution in [0.2, 0.25) is 10.0 Å². The van der Waals surface area contributed by atoms with Crippen LogP contribution >= 0.6 is 23.2 Å². The van der Waals surface area contributed by atoms with E-state index in [0.717, 1.165) is 52.3 Å². The van der Waals surface area contributed by atoms with E-state index in [1.54, 1.807) is 12.1 Å². The maximum Gasteiger partial charge on any atom is 0.328 e. The van der Waals surface area contributed by atoms with Crippen LogP contribution in [0.3, 0.4) is 0 Å². The van der Waals surface area contributed by atoms with Gasteiger partial charge in [0.25, 0.3) is 0 Å². The third-order valence-electron chi connectivity index (χ3n) is 5.62. The zero-order valence-electron chi connectivity index (χ0n) is 17.7. The van der Waals surface area contributed by atoms with Gasteiger partial charge in [-0.1, -0.05) is 59.6 Å². The summed E-state index contributed by atoms with van der Waals surface area (Å²) in [5.41, 5.74) is 13.0. The number of nitrogens with two attached hydrogens (primary N) is 1. The average molecular weight is 477 g/mol. The number of nitrogens with one attached hydrogen (secondary N) is 1. The van der Waals surface area contributed by atoms with Crippen molar-refractivity contribution in [1.29, 1.82) is 5.41 Å². The van der Waals surface area contributed by atoms with Crippen molar-refractivity contribution in [1.82, 2.24) is 0 Å². The second-order valence-corrected chi connectivity index (χ2v) is 8.81. The molecule has 0 radical (unpaired) electrons. The highest BCUT2D eigenvalue weighted by molar-refractivity contribution is 6.36. The largest absolute Gasteiger partial charge is 0.478 e. The highest BCUT2D eigenvalue weighted by Gasteiger charge is 2.31. The van der Waals surface area contributed by atoms with Gasteiger partial charge in [0, 0.05) is 33.6 Å². The van der Waals surface area contributed by atoms with Crippen LogP contribution in [-0.2, 0) is 4.79 Å². The molecule has 4 nitrogen and oxygen atoms in total. The van der Waals surface area contributed by atoms with E-state index in [1.165, 1.54) is 6.21 Å². The maximum atomic E-state index is 10.9. The molecule has 33 heavy (non-hydrogen) atoms. The fourth-order valence-corrected chi connectivity index (χ4v) is 4.41. The topological polar surface area (TPSA) is 87.2 Å². The molecule has 0 spiro atoms. The summed E-state index contributed by atoms with van der Waals surface area (Å²) < 4.78 is 0. The summed E-state index contributed by atoms with van der Waals surface area (Å²) in [6.07, 6.45) is 6.05. The summed E-state index contributed by atoms with van der Waals surface area (Å²) >= 11 is 12.8. The van der Waals surface area contributed by atoms with Crippen molar-refractivity contribution in [3.05, 3.63) is 105 Å². The van der Waals surface area contributed by atoms with Gasteiger partial charge in [-0.05, 0) is 82.5 Å². The number of carboxylic acid groups (broad SMARTS) is 1. The van der Waals surface area contributed by atoms with Crippen LogP contribution in [0.4, 0.5) is 5.69 Å². The first-order valence-electron chi connectivity index (χ1n) is 10.5. The summed E-state index contributed by atoms with van der Waals surface area (Å²) in [7, 11) is 0. The van der Waals surface area contributed by atoms with Gasteiger partial charge in [-0.3, -0.25) is 0 Å². The number of halogens is 2. The molecule has 0 amide bonds. The molecule has 0 aliphatic heterocycles. The lowest BCUT2D eigenvalue weighted by Crippen LogP contribution is -2.00. The number of hydrogen-bond acceptors (Lipinski definition) is 3. The van der Waals surface area contributed by atoms with Gasteiger partial charge in [0.05, 0.1) is 0 Å². The number of allylic oxidation sites excluding steroid dienone is 1. The highest BCUT2D eigenvalue weighted by Crippen LogP contribution is 2.49. The van der Waals surface area contributed by atoms with E-state index in [2.05, 4.69) is 0 Å². The number of hydrogen-bond donors (Lipinski definition) is 3. The van der Waals surface area contributed by atoms with Crippen molar-refractivity contribution < 1.29 is 9.90 Å². The number of carbonyl (C=O) groups is 1. The van der Waals surface area contributed by atoms with Gasteiger partial charge in [-0.2, -0.15) is 0 Å². The first-order chi connectivity index (χ1) is 15.9. The quantitative estimate of drug-likeness (QED) is 0.148. The van der Waals surface area contributed by atoms with Crippen LogP contribution in [0, 0.1) is 11.3 Å².